The summed E-state index contributed by atoms with van der Waals surface area (Å²) in [5.41, 5.74) is 3.78. The molecule has 0 radical (unpaired) electrons. The van der Waals surface area contributed by atoms with Crippen LogP contribution in [0.5, 0.6) is 0 Å². The third-order valence-corrected chi connectivity index (χ3v) is 4.02. The van der Waals surface area contributed by atoms with E-state index < -0.39 is 0 Å². The van der Waals surface area contributed by atoms with Crippen molar-refractivity contribution in [3.05, 3.63) is 63.9 Å². The minimum atomic E-state index is -0.0961. The number of amides is 1. The van der Waals surface area contributed by atoms with Gasteiger partial charge < -0.3 is 10.6 Å². The maximum atomic E-state index is 12.4. The zero-order valence-electron chi connectivity index (χ0n) is 11.5. The largest absolute Gasteiger partial charge is 0.348 e. The van der Waals surface area contributed by atoms with Gasteiger partial charge in [-0.05, 0) is 35.7 Å². The van der Waals surface area contributed by atoms with E-state index in [0.29, 0.717) is 17.1 Å². The quantitative estimate of drug-likeness (QED) is 0.915. The molecular weight excluding hydrogens is 286 g/mol. The number of aromatic nitrogens is 1. The number of rotatable bonds is 3. The van der Waals surface area contributed by atoms with Gasteiger partial charge in [-0.1, -0.05) is 29.8 Å². The van der Waals surface area contributed by atoms with Crippen LogP contribution in [-0.4, -0.2) is 17.4 Å². The number of benzene rings is 1. The van der Waals surface area contributed by atoms with E-state index in [-0.39, 0.29) is 5.91 Å². The number of nitrogens with one attached hydrogen (secondary N) is 2. The Morgan fingerprint density at radius 2 is 2.19 bits per heavy atom. The molecule has 5 heteroatoms. The predicted octanol–water partition coefficient (Wildman–Crippen LogP) is 2.31. The maximum absolute atomic E-state index is 12.4. The molecule has 0 spiro atoms. The number of pyridine rings is 1. The molecular formula is C16H16ClN3O. The summed E-state index contributed by atoms with van der Waals surface area (Å²) in [6, 6.07) is 7.51. The molecule has 4 nitrogen and oxygen atoms in total. The van der Waals surface area contributed by atoms with E-state index in [1.54, 1.807) is 6.20 Å². The standard InChI is InChI=1S/C16H16ClN3O/c17-15-4-2-1-3-11(15)9-20-16(21)14-10-19-8-12-7-18-6-5-13(12)14/h1-4,8,10,18H,5-7,9H2,(H,20,21). The molecule has 0 saturated carbocycles. The number of nitrogens with zero attached hydrogens (tertiary/aromatic N) is 1. The van der Waals surface area contributed by atoms with Crippen molar-refractivity contribution >= 4 is 17.5 Å². The van der Waals surface area contributed by atoms with Gasteiger partial charge in [-0.3, -0.25) is 9.78 Å². The third kappa shape index (κ3) is 3.06. The molecule has 1 aromatic carbocycles. The van der Waals surface area contributed by atoms with Gasteiger partial charge in [0.05, 0.1) is 5.56 Å². The van der Waals surface area contributed by atoms with Crippen molar-refractivity contribution in [3.8, 4) is 0 Å². The molecule has 1 aromatic heterocycles. The summed E-state index contributed by atoms with van der Waals surface area (Å²) >= 11 is 6.10. The molecule has 21 heavy (non-hydrogen) atoms. The Morgan fingerprint density at radius 3 is 3.05 bits per heavy atom. The van der Waals surface area contributed by atoms with Crippen molar-refractivity contribution in [2.45, 2.75) is 19.5 Å². The van der Waals surface area contributed by atoms with Gasteiger partial charge in [-0.15, -0.1) is 0 Å². The first-order valence-electron chi connectivity index (χ1n) is 6.94. The van der Waals surface area contributed by atoms with Crippen molar-refractivity contribution in [2.24, 2.45) is 0 Å². The Hall–Kier alpha value is -1.91. The van der Waals surface area contributed by atoms with E-state index in [1.807, 2.05) is 30.5 Å². The first-order valence-corrected chi connectivity index (χ1v) is 7.31. The second-order valence-electron chi connectivity index (χ2n) is 5.03. The number of carbonyl (C=O) groups excluding carboxylic acids is 1. The fourth-order valence-electron chi connectivity index (χ4n) is 2.52. The monoisotopic (exact) mass is 301 g/mol. The first kappa shape index (κ1) is 14.0. The average Bonchev–Trinajstić information content (AvgIpc) is 2.53. The summed E-state index contributed by atoms with van der Waals surface area (Å²) < 4.78 is 0. The fraction of sp³-hybridized carbons (Fsp3) is 0.250. The van der Waals surface area contributed by atoms with E-state index in [1.165, 1.54) is 0 Å². The number of hydrogen-bond acceptors (Lipinski definition) is 3. The molecule has 2 heterocycles. The molecule has 1 amide bonds. The summed E-state index contributed by atoms with van der Waals surface area (Å²) in [6.45, 7) is 2.08. The van der Waals surface area contributed by atoms with Gasteiger partial charge in [0.2, 0.25) is 0 Å². The number of carbonyl (C=O) groups is 1. The van der Waals surface area contributed by atoms with E-state index in [2.05, 4.69) is 15.6 Å². The van der Waals surface area contributed by atoms with Crippen LogP contribution in [0.4, 0.5) is 0 Å². The highest BCUT2D eigenvalue weighted by Crippen LogP contribution is 2.18. The van der Waals surface area contributed by atoms with Crippen molar-refractivity contribution in [1.29, 1.82) is 0 Å². The normalized spacial score (nSPS) is 13.6. The minimum absolute atomic E-state index is 0.0961. The van der Waals surface area contributed by atoms with Crippen molar-refractivity contribution in [2.75, 3.05) is 6.54 Å². The zero-order valence-corrected chi connectivity index (χ0v) is 12.3. The average molecular weight is 302 g/mol. The van der Waals surface area contributed by atoms with Crippen LogP contribution < -0.4 is 10.6 Å². The molecule has 0 unspecified atom stereocenters. The topological polar surface area (TPSA) is 54.0 Å². The minimum Gasteiger partial charge on any atom is -0.348 e. The van der Waals surface area contributed by atoms with Crippen LogP contribution in [0.25, 0.3) is 0 Å². The number of hydrogen-bond donors (Lipinski definition) is 2. The Labute approximate surface area is 128 Å². The van der Waals surface area contributed by atoms with Gasteiger partial charge >= 0.3 is 0 Å². The second-order valence-corrected chi connectivity index (χ2v) is 5.43. The highest BCUT2D eigenvalue weighted by atomic mass is 35.5. The molecule has 0 saturated heterocycles. The highest BCUT2D eigenvalue weighted by Gasteiger charge is 2.17. The molecule has 0 aliphatic carbocycles. The lowest BCUT2D eigenvalue weighted by atomic mass is 9.98. The van der Waals surface area contributed by atoms with Crippen LogP contribution in [0, 0.1) is 0 Å². The summed E-state index contributed by atoms with van der Waals surface area (Å²) in [4.78, 5) is 16.6. The SMILES string of the molecule is O=C(NCc1ccccc1Cl)c1cncc2c1CCNC2. The molecule has 1 aliphatic heterocycles. The lowest BCUT2D eigenvalue weighted by Crippen LogP contribution is -2.29. The van der Waals surface area contributed by atoms with E-state index in [0.717, 1.165) is 36.2 Å². The van der Waals surface area contributed by atoms with Gasteiger partial charge in [0.1, 0.15) is 0 Å². The van der Waals surface area contributed by atoms with Gasteiger partial charge in [0.15, 0.2) is 0 Å². The van der Waals surface area contributed by atoms with Gasteiger partial charge in [-0.25, -0.2) is 0 Å². The summed E-state index contributed by atoms with van der Waals surface area (Å²) in [5.74, 6) is -0.0961. The summed E-state index contributed by atoms with van der Waals surface area (Å²) in [6.07, 6.45) is 4.32. The number of fused-ring (bicyclic) bond motifs is 1. The molecule has 0 atom stereocenters. The third-order valence-electron chi connectivity index (χ3n) is 3.66. The van der Waals surface area contributed by atoms with Gasteiger partial charge in [-0.2, -0.15) is 0 Å². The van der Waals surface area contributed by atoms with Crippen LogP contribution in [0.15, 0.2) is 36.7 Å². The van der Waals surface area contributed by atoms with Crippen molar-refractivity contribution in [1.82, 2.24) is 15.6 Å². The lowest BCUT2D eigenvalue weighted by molar-refractivity contribution is 0.0949. The van der Waals surface area contributed by atoms with Crippen LogP contribution >= 0.6 is 11.6 Å². The van der Waals surface area contributed by atoms with Crippen molar-refractivity contribution < 1.29 is 4.79 Å². The Bertz CT molecular complexity index is 672. The number of halogens is 1. The van der Waals surface area contributed by atoms with E-state index >= 15 is 0 Å². The molecule has 2 N–H and O–H groups in total. The smallest absolute Gasteiger partial charge is 0.253 e. The highest BCUT2D eigenvalue weighted by molar-refractivity contribution is 6.31. The van der Waals surface area contributed by atoms with E-state index in [9.17, 15) is 4.79 Å². The Balaban J connectivity index is 1.76. The van der Waals surface area contributed by atoms with Crippen molar-refractivity contribution in [3.63, 3.8) is 0 Å². The molecule has 108 valence electrons. The van der Waals surface area contributed by atoms with Crippen LogP contribution in [0.2, 0.25) is 5.02 Å². The lowest BCUT2D eigenvalue weighted by Gasteiger charge is -2.19. The second kappa shape index (κ2) is 6.24. The van der Waals surface area contributed by atoms with Gasteiger partial charge in [0.25, 0.3) is 5.91 Å². The predicted molar refractivity (Wildman–Crippen MR) is 82.3 cm³/mol. The molecule has 3 rings (SSSR count). The molecule has 0 bridgehead atoms. The van der Waals surface area contributed by atoms with Crippen LogP contribution in [0.3, 0.4) is 0 Å². The Kier molecular flexibility index (Phi) is 4.18. The molecule has 1 aliphatic rings. The zero-order chi connectivity index (χ0) is 14.7. The van der Waals surface area contributed by atoms with Crippen LogP contribution in [0.1, 0.15) is 27.0 Å². The molecule has 0 fully saturated rings. The van der Waals surface area contributed by atoms with Gasteiger partial charge in [0, 0.05) is 30.5 Å². The van der Waals surface area contributed by atoms with Crippen LogP contribution in [-0.2, 0) is 19.5 Å². The first-order chi connectivity index (χ1) is 10.3. The molecule has 2 aromatic rings. The maximum Gasteiger partial charge on any atom is 0.253 e. The summed E-state index contributed by atoms with van der Waals surface area (Å²) in [7, 11) is 0. The van der Waals surface area contributed by atoms with E-state index in [4.69, 9.17) is 11.6 Å². The Morgan fingerprint density at radius 1 is 1.33 bits per heavy atom. The summed E-state index contributed by atoms with van der Waals surface area (Å²) in [5, 5.41) is 6.87. The fourth-order valence-corrected chi connectivity index (χ4v) is 2.73.